The molecule has 3 aromatic rings. The summed E-state index contributed by atoms with van der Waals surface area (Å²) in [6.07, 6.45) is 0.595. The Hall–Kier alpha value is -2.07. The molecule has 0 N–H and O–H groups in total. The maximum Gasteiger partial charge on any atom is 0.244 e. The largest absolute Gasteiger partial charge is 0.497 e. The molecule has 0 bridgehead atoms. The van der Waals surface area contributed by atoms with E-state index in [1.165, 1.54) is 0 Å². The van der Waals surface area contributed by atoms with E-state index < -0.39 is 0 Å². The van der Waals surface area contributed by atoms with Crippen molar-refractivity contribution in [2.75, 3.05) is 7.11 Å². The normalized spacial score (nSPS) is 12.5. The van der Waals surface area contributed by atoms with Gasteiger partial charge in [0.25, 0.3) is 0 Å². The van der Waals surface area contributed by atoms with Crippen molar-refractivity contribution < 1.29 is 9.26 Å². The second-order valence-corrected chi connectivity index (χ2v) is 5.50. The summed E-state index contributed by atoms with van der Waals surface area (Å²) in [7, 11) is 1.66. The predicted molar refractivity (Wildman–Crippen MR) is 81.9 cm³/mol. The number of fused-ring (bicyclic) bond motifs is 1. The molecular weight excluding hydrogens is 288 g/mol. The Labute approximate surface area is 127 Å². The van der Waals surface area contributed by atoms with Crippen LogP contribution in [0.15, 0.2) is 40.9 Å². The summed E-state index contributed by atoms with van der Waals surface area (Å²) in [5.74, 6) is 1.91. The number of alkyl halides is 1. The van der Waals surface area contributed by atoms with Crippen molar-refractivity contribution in [1.82, 2.24) is 10.1 Å². The van der Waals surface area contributed by atoms with Crippen molar-refractivity contribution in [3.63, 3.8) is 0 Å². The van der Waals surface area contributed by atoms with Crippen LogP contribution in [0.4, 0.5) is 0 Å². The highest BCUT2D eigenvalue weighted by atomic mass is 35.5. The Kier molecular flexibility index (Phi) is 3.80. The number of nitrogens with zero attached hydrogens (tertiary/aromatic N) is 2. The summed E-state index contributed by atoms with van der Waals surface area (Å²) in [5, 5.41) is 5.98. The van der Waals surface area contributed by atoms with Crippen LogP contribution in [0.3, 0.4) is 0 Å². The third kappa shape index (κ3) is 2.85. The molecule has 1 atom stereocenters. The van der Waals surface area contributed by atoms with Crippen LogP contribution >= 0.6 is 11.6 Å². The number of halogens is 1. The van der Waals surface area contributed by atoms with Gasteiger partial charge in [0.15, 0.2) is 5.82 Å². The van der Waals surface area contributed by atoms with Gasteiger partial charge in [-0.3, -0.25) is 0 Å². The van der Waals surface area contributed by atoms with Crippen LogP contribution in [0, 0.1) is 0 Å². The lowest BCUT2D eigenvalue weighted by molar-refractivity contribution is 0.374. The van der Waals surface area contributed by atoms with E-state index in [2.05, 4.69) is 22.3 Å². The standard InChI is InChI=1S/C16H15ClN2O2/c1-10(17)16-18-15(19-21-16)8-12-5-3-4-11-6-7-13(20-2)9-14(11)12/h3-7,9-10H,8H2,1-2H3. The van der Waals surface area contributed by atoms with E-state index in [1.54, 1.807) is 7.11 Å². The maximum atomic E-state index is 5.94. The predicted octanol–water partition coefficient (Wildman–Crippen LogP) is 4.12. The van der Waals surface area contributed by atoms with Crippen molar-refractivity contribution in [3.8, 4) is 5.75 Å². The molecule has 1 unspecified atom stereocenters. The van der Waals surface area contributed by atoms with Crippen LogP contribution < -0.4 is 4.74 Å². The first-order valence-electron chi connectivity index (χ1n) is 6.69. The van der Waals surface area contributed by atoms with E-state index in [4.69, 9.17) is 20.9 Å². The van der Waals surface area contributed by atoms with E-state index in [0.29, 0.717) is 18.1 Å². The molecule has 2 aromatic carbocycles. The fourth-order valence-electron chi connectivity index (χ4n) is 2.27. The number of rotatable bonds is 4. The summed E-state index contributed by atoms with van der Waals surface area (Å²) in [6.45, 7) is 1.81. The van der Waals surface area contributed by atoms with Crippen LogP contribution in [0.2, 0.25) is 0 Å². The molecule has 0 aliphatic rings. The Bertz CT molecular complexity index is 768. The number of hydrogen-bond acceptors (Lipinski definition) is 4. The highest BCUT2D eigenvalue weighted by Crippen LogP contribution is 2.26. The molecule has 0 saturated carbocycles. The van der Waals surface area contributed by atoms with Gasteiger partial charge in [0.05, 0.1) is 7.11 Å². The van der Waals surface area contributed by atoms with Gasteiger partial charge >= 0.3 is 0 Å². The van der Waals surface area contributed by atoms with Crippen LogP contribution in [-0.2, 0) is 6.42 Å². The first kappa shape index (κ1) is 13.9. The van der Waals surface area contributed by atoms with Crippen molar-refractivity contribution in [2.45, 2.75) is 18.7 Å². The number of hydrogen-bond donors (Lipinski definition) is 0. The fraction of sp³-hybridized carbons (Fsp3) is 0.250. The van der Waals surface area contributed by atoms with E-state index in [9.17, 15) is 0 Å². The van der Waals surface area contributed by atoms with Gasteiger partial charge in [-0.2, -0.15) is 4.98 Å². The lowest BCUT2D eigenvalue weighted by Gasteiger charge is -2.06. The molecule has 1 aromatic heterocycles. The van der Waals surface area contributed by atoms with Gasteiger partial charge in [-0.05, 0) is 35.4 Å². The smallest absolute Gasteiger partial charge is 0.244 e. The van der Waals surface area contributed by atoms with Crippen molar-refractivity contribution in [2.24, 2.45) is 0 Å². The first-order chi connectivity index (χ1) is 10.2. The number of ether oxygens (including phenoxy) is 1. The van der Waals surface area contributed by atoms with E-state index >= 15 is 0 Å². The quantitative estimate of drug-likeness (QED) is 0.680. The molecule has 0 fully saturated rings. The molecule has 0 saturated heterocycles. The minimum Gasteiger partial charge on any atom is -0.497 e. The molecule has 0 amide bonds. The summed E-state index contributed by atoms with van der Waals surface area (Å²) >= 11 is 5.94. The van der Waals surface area contributed by atoms with Gasteiger partial charge in [0, 0.05) is 6.42 Å². The summed E-state index contributed by atoms with van der Waals surface area (Å²) in [4.78, 5) is 4.31. The highest BCUT2D eigenvalue weighted by molar-refractivity contribution is 6.20. The van der Waals surface area contributed by atoms with Crippen LogP contribution in [0.1, 0.15) is 29.6 Å². The SMILES string of the molecule is COc1ccc2cccc(Cc3noc(C(C)Cl)n3)c2c1. The molecule has 5 heteroatoms. The summed E-state index contributed by atoms with van der Waals surface area (Å²) < 4.78 is 10.4. The molecular formula is C16H15ClN2O2. The molecule has 3 rings (SSSR count). The molecule has 0 radical (unpaired) electrons. The van der Waals surface area contributed by atoms with Gasteiger partial charge < -0.3 is 9.26 Å². The van der Waals surface area contributed by atoms with Gasteiger partial charge in [-0.15, -0.1) is 11.6 Å². The van der Waals surface area contributed by atoms with Gasteiger partial charge in [0.2, 0.25) is 5.89 Å². The minimum absolute atomic E-state index is 0.279. The third-order valence-corrected chi connectivity index (χ3v) is 3.54. The molecule has 0 spiro atoms. The van der Waals surface area contributed by atoms with E-state index in [1.807, 2.05) is 31.2 Å². The second kappa shape index (κ2) is 5.74. The lowest BCUT2D eigenvalue weighted by atomic mass is 10.0. The summed E-state index contributed by atoms with van der Waals surface area (Å²) in [6, 6.07) is 12.2. The van der Waals surface area contributed by atoms with Gasteiger partial charge in [0.1, 0.15) is 11.1 Å². The average Bonchev–Trinajstić information content (AvgIpc) is 2.96. The molecule has 4 nitrogen and oxygen atoms in total. The molecule has 1 heterocycles. The second-order valence-electron chi connectivity index (χ2n) is 4.85. The zero-order chi connectivity index (χ0) is 14.8. The van der Waals surface area contributed by atoms with E-state index in [0.717, 1.165) is 22.1 Å². The first-order valence-corrected chi connectivity index (χ1v) is 7.13. The Morgan fingerprint density at radius 1 is 1.29 bits per heavy atom. The number of methoxy groups -OCH3 is 1. The Morgan fingerprint density at radius 2 is 2.14 bits per heavy atom. The van der Waals surface area contributed by atoms with Gasteiger partial charge in [-0.25, -0.2) is 0 Å². The average molecular weight is 303 g/mol. The number of benzene rings is 2. The minimum atomic E-state index is -0.279. The highest BCUT2D eigenvalue weighted by Gasteiger charge is 2.13. The Balaban J connectivity index is 1.99. The third-order valence-electron chi connectivity index (χ3n) is 3.35. The zero-order valence-electron chi connectivity index (χ0n) is 11.8. The molecule has 21 heavy (non-hydrogen) atoms. The number of aromatic nitrogens is 2. The summed E-state index contributed by atoms with van der Waals surface area (Å²) in [5.41, 5.74) is 1.13. The van der Waals surface area contributed by atoms with Crippen molar-refractivity contribution >= 4 is 22.4 Å². The van der Waals surface area contributed by atoms with Gasteiger partial charge in [-0.1, -0.05) is 29.4 Å². The van der Waals surface area contributed by atoms with Crippen molar-refractivity contribution in [3.05, 3.63) is 53.7 Å². The van der Waals surface area contributed by atoms with E-state index in [-0.39, 0.29) is 5.38 Å². The zero-order valence-corrected chi connectivity index (χ0v) is 12.6. The van der Waals surface area contributed by atoms with Crippen LogP contribution in [0.25, 0.3) is 10.8 Å². The van der Waals surface area contributed by atoms with Crippen LogP contribution in [-0.4, -0.2) is 17.3 Å². The monoisotopic (exact) mass is 302 g/mol. The molecule has 0 aliphatic heterocycles. The van der Waals surface area contributed by atoms with Crippen molar-refractivity contribution in [1.29, 1.82) is 0 Å². The fourth-order valence-corrected chi connectivity index (χ4v) is 2.36. The van der Waals surface area contributed by atoms with Crippen LogP contribution in [0.5, 0.6) is 5.75 Å². The maximum absolute atomic E-state index is 5.94. The molecule has 0 aliphatic carbocycles. The lowest BCUT2D eigenvalue weighted by Crippen LogP contribution is -1.94. The Morgan fingerprint density at radius 3 is 2.86 bits per heavy atom. The molecule has 108 valence electrons. The topological polar surface area (TPSA) is 48.2 Å².